The minimum atomic E-state index is 0.263. The van der Waals surface area contributed by atoms with Crippen molar-refractivity contribution in [2.75, 3.05) is 5.32 Å². The molecule has 0 amide bonds. The second kappa shape index (κ2) is 4.63. The molecule has 0 radical (unpaired) electrons. The number of pyridine rings is 1. The van der Waals surface area contributed by atoms with E-state index in [2.05, 4.69) is 27.8 Å². The molecule has 0 saturated heterocycles. The van der Waals surface area contributed by atoms with Gasteiger partial charge in [0.1, 0.15) is 5.82 Å². The number of thiophene rings is 1. The molecule has 3 nitrogen and oxygen atoms in total. The fourth-order valence-corrected chi connectivity index (χ4v) is 3.31. The first-order valence-electron chi connectivity index (χ1n) is 6.19. The summed E-state index contributed by atoms with van der Waals surface area (Å²) in [5.41, 5.74) is 6.16. The van der Waals surface area contributed by atoms with Crippen LogP contribution in [0.25, 0.3) is 10.1 Å². The summed E-state index contributed by atoms with van der Waals surface area (Å²) in [6.07, 6.45) is 6.68. The number of rotatable bonds is 2. The number of anilines is 1. The molecule has 3 N–H and O–H groups in total. The first-order valence-corrected chi connectivity index (χ1v) is 7.07. The normalized spacial score (nSPS) is 25.0. The predicted octanol–water partition coefficient (Wildman–Crippen LogP) is 2.98. The van der Waals surface area contributed by atoms with E-state index >= 15 is 0 Å². The minimum absolute atomic E-state index is 0.263. The van der Waals surface area contributed by atoms with Crippen molar-refractivity contribution in [3.63, 3.8) is 0 Å². The van der Waals surface area contributed by atoms with Gasteiger partial charge in [0, 0.05) is 28.4 Å². The van der Waals surface area contributed by atoms with E-state index in [-0.39, 0.29) is 6.04 Å². The SMILES string of the molecule is NC1CCCCC1Nc1nccc2sccc12. The van der Waals surface area contributed by atoms with E-state index in [4.69, 9.17) is 5.73 Å². The van der Waals surface area contributed by atoms with Crippen LogP contribution in [-0.4, -0.2) is 17.1 Å². The van der Waals surface area contributed by atoms with E-state index < -0.39 is 0 Å². The molecule has 0 spiro atoms. The molecule has 2 unspecified atom stereocenters. The molecule has 3 rings (SSSR count). The zero-order valence-corrected chi connectivity index (χ0v) is 10.5. The van der Waals surface area contributed by atoms with E-state index in [0.29, 0.717) is 6.04 Å². The van der Waals surface area contributed by atoms with Gasteiger partial charge < -0.3 is 11.1 Å². The van der Waals surface area contributed by atoms with Gasteiger partial charge in [-0.15, -0.1) is 11.3 Å². The van der Waals surface area contributed by atoms with Crippen molar-refractivity contribution in [1.82, 2.24) is 4.98 Å². The molecule has 0 bridgehead atoms. The number of nitrogens with zero attached hydrogens (tertiary/aromatic N) is 1. The second-order valence-corrected chi connectivity index (χ2v) is 5.64. The standard InChI is InChI=1S/C13H17N3S/c14-10-3-1-2-4-11(10)16-13-9-6-8-17-12(9)5-7-15-13/h5-8,10-11H,1-4,14H2,(H,15,16). The smallest absolute Gasteiger partial charge is 0.134 e. The van der Waals surface area contributed by atoms with Crippen LogP contribution in [0.3, 0.4) is 0 Å². The predicted molar refractivity (Wildman–Crippen MR) is 73.5 cm³/mol. The van der Waals surface area contributed by atoms with Gasteiger partial charge in [0.15, 0.2) is 0 Å². The van der Waals surface area contributed by atoms with Crippen LogP contribution in [0.15, 0.2) is 23.7 Å². The van der Waals surface area contributed by atoms with Crippen LogP contribution in [0.1, 0.15) is 25.7 Å². The van der Waals surface area contributed by atoms with E-state index in [9.17, 15) is 0 Å². The Hall–Kier alpha value is -1.13. The summed E-state index contributed by atoms with van der Waals surface area (Å²) in [5, 5.41) is 6.86. The highest BCUT2D eigenvalue weighted by molar-refractivity contribution is 7.17. The number of nitrogens with one attached hydrogen (secondary N) is 1. The Morgan fingerprint density at radius 3 is 3.06 bits per heavy atom. The highest BCUT2D eigenvalue weighted by Crippen LogP contribution is 2.28. The Morgan fingerprint density at radius 1 is 1.29 bits per heavy atom. The zero-order chi connectivity index (χ0) is 11.7. The van der Waals surface area contributed by atoms with Crippen molar-refractivity contribution >= 4 is 27.2 Å². The van der Waals surface area contributed by atoms with E-state index in [1.807, 2.05) is 6.20 Å². The summed E-state index contributed by atoms with van der Waals surface area (Å²) in [6, 6.07) is 4.83. The molecule has 17 heavy (non-hydrogen) atoms. The lowest BCUT2D eigenvalue weighted by Gasteiger charge is -2.29. The lowest BCUT2D eigenvalue weighted by Crippen LogP contribution is -2.42. The summed E-state index contributed by atoms with van der Waals surface area (Å²) < 4.78 is 1.28. The van der Waals surface area contributed by atoms with Crippen LogP contribution in [0.2, 0.25) is 0 Å². The number of hydrogen-bond donors (Lipinski definition) is 2. The first kappa shape index (κ1) is 11.0. The first-order chi connectivity index (χ1) is 8.34. The second-order valence-electron chi connectivity index (χ2n) is 4.69. The van der Waals surface area contributed by atoms with Crippen LogP contribution >= 0.6 is 11.3 Å². The maximum atomic E-state index is 6.16. The largest absolute Gasteiger partial charge is 0.365 e. The Kier molecular flexibility index (Phi) is 2.99. The van der Waals surface area contributed by atoms with E-state index in [0.717, 1.165) is 18.7 Å². The quantitative estimate of drug-likeness (QED) is 0.857. The molecule has 2 atom stereocenters. The Bertz CT molecular complexity index is 508. The van der Waals surface area contributed by atoms with Crippen LogP contribution < -0.4 is 11.1 Å². The van der Waals surface area contributed by atoms with Crippen molar-refractivity contribution in [1.29, 1.82) is 0 Å². The van der Waals surface area contributed by atoms with Crippen molar-refractivity contribution in [2.45, 2.75) is 37.8 Å². The van der Waals surface area contributed by atoms with E-state index in [1.165, 1.54) is 22.9 Å². The van der Waals surface area contributed by atoms with Crippen LogP contribution in [0, 0.1) is 0 Å². The molecule has 0 aromatic carbocycles. The molecule has 2 aromatic rings. The van der Waals surface area contributed by atoms with Gasteiger partial charge in [-0.1, -0.05) is 12.8 Å². The van der Waals surface area contributed by atoms with Gasteiger partial charge in [-0.05, 0) is 30.4 Å². The molecule has 2 heterocycles. The van der Waals surface area contributed by atoms with Crippen LogP contribution in [0.5, 0.6) is 0 Å². The van der Waals surface area contributed by atoms with Crippen LogP contribution in [0.4, 0.5) is 5.82 Å². The van der Waals surface area contributed by atoms with Gasteiger partial charge in [-0.3, -0.25) is 0 Å². The summed E-state index contributed by atoms with van der Waals surface area (Å²) in [4.78, 5) is 4.45. The lowest BCUT2D eigenvalue weighted by molar-refractivity contribution is 0.403. The van der Waals surface area contributed by atoms with E-state index in [1.54, 1.807) is 11.3 Å². The van der Waals surface area contributed by atoms with Crippen molar-refractivity contribution < 1.29 is 0 Å². The molecule has 2 aromatic heterocycles. The molecule has 4 heteroatoms. The van der Waals surface area contributed by atoms with Crippen molar-refractivity contribution in [3.8, 4) is 0 Å². The van der Waals surface area contributed by atoms with Crippen LogP contribution in [-0.2, 0) is 0 Å². The highest BCUT2D eigenvalue weighted by atomic mass is 32.1. The van der Waals surface area contributed by atoms with Crippen molar-refractivity contribution in [3.05, 3.63) is 23.7 Å². The van der Waals surface area contributed by atoms with Gasteiger partial charge in [0.25, 0.3) is 0 Å². The van der Waals surface area contributed by atoms with Gasteiger partial charge in [0.05, 0.1) is 0 Å². The molecular formula is C13H17N3S. The van der Waals surface area contributed by atoms with Gasteiger partial charge in [-0.2, -0.15) is 0 Å². The van der Waals surface area contributed by atoms with Crippen molar-refractivity contribution in [2.24, 2.45) is 5.73 Å². The third kappa shape index (κ3) is 2.15. The molecule has 1 aliphatic carbocycles. The molecule has 0 aliphatic heterocycles. The Labute approximate surface area is 105 Å². The molecule has 1 fully saturated rings. The monoisotopic (exact) mass is 247 g/mol. The van der Waals surface area contributed by atoms with Gasteiger partial charge in [0.2, 0.25) is 0 Å². The average molecular weight is 247 g/mol. The molecule has 90 valence electrons. The number of fused-ring (bicyclic) bond motifs is 1. The third-order valence-electron chi connectivity index (χ3n) is 3.52. The Balaban J connectivity index is 1.86. The number of aromatic nitrogens is 1. The Morgan fingerprint density at radius 2 is 2.18 bits per heavy atom. The summed E-state index contributed by atoms with van der Waals surface area (Å²) in [7, 11) is 0. The summed E-state index contributed by atoms with van der Waals surface area (Å²) in [6.45, 7) is 0. The average Bonchev–Trinajstić information content (AvgIpc) is 2.81. The zero-order valence-electron chi connectivity index (χ0n) is 9.73. The molecule has 1 saturated carbocycles. The fourth-order valence-electron chi connectivity index (χ4n) is 2.52. The highest BCUT2D eigenvalue weighted by Gasteiger charge is 2.22. The molecule has 1 aliphatic rings. The third-order valence-corrected chi connectivity index (χ3v) is 4.40. The maximum Gasteiger partial charge on any atom is 0.134 e. The maximum absolute atomic E-state index is 6.16. The summed E-state index contributed by atoms with van der Waals surface area (Å²) >= 11 is 1.75. The topological polar surface area (TPSA) is 50.9 Å². The number of nitrogens with two attached hydrogens (primary N) is 1. The summed E-state index contributed by atoms with van der Waals surface area (Å²) in [5.74, 6) is 0.992. The van der Waals surface area contributed by atoms with Gasteiger partial charge >= 0.3 is 0 Å². The minimum Gasteiger partial charge on any atom is -0.365 e. The molecular weight excluding hydrogens is 230 g/mol. The fraction of sp³-hybridized carbons (Fsp3) is 0.462. The number of hydrogen-bond acceptors (Lipinski definition) is 4. The van der Waals surface area contributed by atoms with Gasteiger partial charge in [-0.25, -0.2) is 4.98 Å². The lowest BCUT2D eigenvalue weighted by atomic mass is 9.91.